The van der Waals surface area contributed by atoms with E-state index in [9.17, 15) is 9.18 Å². The van der Waals surface area contributed by atoms with E-state index in [1.165, 1.54) is 24.3 Å². The Labute approximate surface area is 131 Å². The standard InChI is InChI=1S/C17H14FN3O2/c1-10-20-14-7-6-13(8-16(14)23-10)21-17(19)9-15(22)11-2-4-12(18)5-3-11/h2-8H,9H2,1H3,(H2,19,21). The molecular formula is C17H14FN3O2. The third-order valence-corrected chi connectivity index (χ3v) is 3.26. The van der Waals surface area contributed by atoms with Crippen molar-refractivity contribution in [1.29, 1.82) is 0 Å². The number of Topliss-reactive ketones (excluding diaryl/α,β-unsaturated/α-hetero) is 1. The summed E-state index contributed by atoms with van der Waals surface area (Å²) in [4.78, 5) is 20.5. The van der Waals surface area contributed by atoms with Crippen LogP contribution >= 0.6 is 0 Å². The van der Waals surface area contributed by atoms with Crippen molar-refractivity contribution >= 4 is 28.4 Å². The van der Waals surface area contributed by atoms with Crippen LogP contribution in [0.1, 0.15) is 22.7 Å². The van der Waals surface area contributed by atoms with Gasteiger partial charge in [0.15, 0.2) is 17.3 Å². The van der Waals surface area contributed by atoms with Crippen molar-refractivity contribution in [2.45, 2.75) is 13.3 Å². The summed E-state index contributed by atoms with van der Waals surface area (Å²) in [5.41, 5.74) is 8.16. The maximum absolute atomic E-state index is 12.9. The number of rotatable bonds is 4. The first-order chi connectivity index (χ1) is 11.0. The lowest BCUT2D eigenvalue weighted by Gasteiger charge is -2.02. The van der Waals surface area contributed by atoms with Crippen LogP contribution in [0.5, 0.6) is 0 Å². The molecule has 0 atom stereocenters. The van der Waals surface area contributed by atoms with Crippen molar-refractivity contribution < 1.29 is 13.6 Å². The number of nitrogens with zero attached hydrogens (tertiary/aromatic N) is 2. The molecule has 0 aliphatic carbocycles. The molecule has 2 N–H and O–H groups in total. The van der Waals surface area contributed by atoms with Crippen molar-refractivity contribution in [2.24, 2.45) is 10.7 Å². The van der Waals surface area contributed by atoms with Gasteiger partial charge in [-0.3, -0.25) is 4.79 Å². The largest absolute Gasteiger partial charge is 0.441 e. The highest BCUT2D eigenvalue weighted by atomic mass is 19.1. The molecule has 0 aliphatic rings. The van der Waals surface area contributed by atoms with E-state index < -0.39 is 0 Å². The summed E-state index contributed by atoms with van der Waals surface area (Å²) >= 11 is 0. The maximum atomic E-state index is 12.9. The summed E-state index contributed by atoms with van der Waals surface area (Å²) in [5, 5.41) is 0. The number of carbonyl (C=O) groups is 1. The van der Waals surface area contributed by atoms with Gasteiger partial charge < -0.3 is 10.2 Å². The second-order valence-electron chi connectivity index (χ2n) is 5.09. The number of halogens is 1. The zero-order chi connectivity index (χ0) is 16.4. The number of hydrogen-bond donors (Lipinski definition) is 1. The molecule has 3 rings (SSSR count). The Kier molecular flexibility index (Phi) is 3.89. The van der Waals surface area contributed by atoms with E-state index >= 15 is 0 Å². The highest BCUT2D eigenvalue weighted by Crippen LogP contribution is 2.22. The molecule has 1 heterocycles. The molecule has 23 heavy (non-hydrogen) atoms. The van der Waals surface area contributed by atoms with E-state index in [2.05, 4.69) is 9.98 Å². The molecule has 0 spiro atoms. The third-order valence-electron chi connectivity index (χ3n) is 3.26. The first-order valence-electron chi connectivity index (χ1n) is 7.00. The first-order valence-corrected chi connectivity index (χ1v) is 7.00. The molecule has 0 bridgehead atoms. The Hall–Kier alpha value is -3.02. The molecular weight excluding hydrogens is 297 g/mol. The fraction of sp³-hybridized carbons (Fsp3) is 0.118. The number of hydrogen-bond acceptors (Lipinski definition) is 4. The van der Waals surface area contributed by atoms with Gasteiger partial charge in [0.2, 0.25) is 0 Å². The number of benzene rings is 2. The molecule has 6 heteroatoms. The first kappa shape index (κ1) is 14.9. The fourth-order valence-corrected chi connectivity index (χ4v) is 2.21. The zero-order valence-electron chi connectivity index (χ0n) is 12.4. The quantitative estimate of drug-likeness (QED) is 0.454. The van der Waals surface area contributed by atoms with Gasteiger partial charge >= 0.3 is 0 Å². The average molecular weight is 311 g/mol. The van der Waals surface area contributed by atoms with Crippen molar-refractivity contribution in [3.8, 4) is 0 Å². The highest BCUT2D eigenvalue weighted by Gasteiger charge is 2.09. The molecule has 0 aliphatic heterocycles. The van der Waals surface area contributed by atoms with Crippen molar-refractivity contribution in [3.05, 3.63) is 59.7 Å². The summed E-state index contributed by atoms with van der Waals surface area (Å²) in [6, 6.07) is 10.6. The molecule has 3 aromatic rings. The van der Waals surface area contributed by atoms with Crippen LogP contribution in [0.3, 0.4) is 0 Å². The van der Waals surface area contributed by atoms with Crippen LogP contribution in [0.2, 0.25) is 0 Å². The van der Waals surface area contributed by atoms with Crippen molar-refractivity contribution in [1.82, 2.24) is 4.98 Å². The van der Waals surface area contributed by atoms with E-state index in [4.69, 9.17) is 10.2 Å². The van der Waals surface area contributed by atoms with Gasteiger partial charge in [-0.2, -0.15) is 0 Å². The van der Waals surface area contributed by atoms with Gasteiger partial charge in [-0.15, -0.1) is 0 Å². The zero-order valence-corrected chi connectivity index (χ0v) is 12.4. The summed E-state index contributed by atoms with van der Waals surface area (Å²) in [6.07, 6.45) is -0.0426. The molecule has 0 saturated heterocycles. The summed E-state index contributed by atoms with van der Waals surface area (Å²) in [7, 11) is 0. The van der Waals surface area contributed by atoms with Gasteiger partial charge in [-0.1, -0.05) is 0 Å². The normalized spacial score (nSPS) is 11.8. The highest BCUT2D eigenvalue weighted by molar-refractivity contribution is 6.09. The SMILES string of the molecule is Cc1nc2ccc(N=C(N)CC(=O)c3ccc(F)cc3)cc2o1. The average Bonchev–Trinajstić information content (AvgIpc) is 2.87. The van der Waals surface area contributed by atoms with Crippen LogP contribution in [0.25, 0.3) is 11.1 Å². The van der Waals surface area contributed by atoms with Gasteiger partial charge in [-0.25, -0.2) is 14.4 Å². The van der Waals surface area contributed by atoms with E-state index in [1.54, 1.807) is 25.1 Å². The lowest BCUT2D eigenvalue weighted by atomic mass is 10.1. The van der Waals surface area contributed by atoms with Crippen LogP contribution in [-0.2, 0) is 0 Å². The predicted molar refractivity (Wildman–Crippen MR) is 85.4 cm³/mol. The lowest BCUT2D eigenvalue weighted by Crippen LogP contribution is -2.16. The van der Waals surface area contributed by atoms with Crippen LogP contribution < -0.4 is 5.73 Å². The number of amidine groups is 1. The smallest absolute Gasteiger partial charge is 0.192 e. The number of aromatic nitrogens is 1. The topological polar surface area (TPSA) is 81.5 Å². The van der Waals surface area contributed by atoms with Gasteiger partial charge in [0.05, 0.1) is 12.1 Å². The Morgan fingerprint density at radius 1 is 1.26 bits per heavy atom. The number of nitrogens with two attached hydrogens (primary N) is 1. The molecule has 5 nitrogen and oxygen atoms in total. The molecule has 1 aromatic heterocycles. The van der Waals surface area contributed by atoms with E-state index in [1.807, 2.05) is 0 Å². The third kappa shape index (κ3) is 3.42. The Balaban J connectivity index is 1.77. The minimum absolute atomic E-state index is 0.0426. The number of aliphatic imine (C=N–C) groups is 1. The molecule has 0 unspecified atom stereocenters. The minimum Gasteiger partial charge on any atom is -0.441 e. The number of ketones is 1. The Morgan fingerprint density at radius 2 is 2.00 bits per heavy atom. The van der Waals surface area contributed by atoms with Crippen LogP contribution in [-0.4, -0.2) is 16.6 Å². The summed E-state index contributed by atoms with van der Waals surface area (Å²) in [6.45, 7) is 1.76. The predicted octanol–water partition coefficient (Wildman–Crippen LogP) is 3.54. The van der Waals surface area contributed by atoms with Gasteiger partial charge in [-0.05, 0) is 36.4 Å². The number of oxazole rings is 1. The van der Waals surface area contributed by atoms with Gasteiger partial charge in [0.1, 0.15) is 17.2 Å². The summed E-state index contributed by atoms with van der Waals surface area (Å²) in [5.74, 6) is 0.136. The molecule has 0 fully saturated rings. The Morgan fingerprint density at radius 3 is 2.74 bits per heavy atom. The molecule has 2 aromatic carbocycles. The van der Waals surface area contributed by atoms with Crippen LogP contribution in [0, 0.1) is 12.7 Å². The number of fused-ring (bicyclic) bond motifs is 1. The molecule has 0 radical (unpaired) electrons. The molecule has 0 saturated carbocycles. The van der Waals surface area contributed by atoms with Crippen molar-refractivity contribution in [2.75, 3.05) is 0 Å². The Bertz CT molecular complexity index is 898. The van der Waals surface area contributed by atoms with Gasteiger partial charge in [0, 0.05) is 18.6 Å². The lowest BCUT2D eigenvalue weighted by molar-refractivity contribution is 0.100. The van der Waals surface area contributed by atoms with Crippen LogP contribution in [0.4, 0.5) is 10.1 Å². The van der Waals surface area contributed by atoms with Crippen molar-refractivity contribution in [3.63, 3.8) is 0 Å². The van der Waals surface area contributed by atoms with E-state index in [-0.39, 0.29) is 23.9 Å². The number of aryl methyl sites for hydroxylation is 1. The van der Waals surface area contributed by atoms with E-state index in [0.717, 1.165) is 5.52 Å². The monoisotopic (exact) mass is 311 g/mol. The van der Waals surface area contributed by atoms with E-state index in [0.29, 0.717) is 22.7 Å². The maximum Gasteiger partial charge on any atom is 0.192 e. The van der Waals surface area contributed by atoms with Gasteiger partial charge in [0.25, 0.3) is 0 Å². The minimum atomic E-state index is -0.390. The second kappa shape index (κ2) is 6.00. The summed E-state index contributed by atoms with van der Waals surface area (Å²) < 4.78 is 18.3. The fourth-order valence-electron chi connectivity index (χ4n) is 2.21. The molecule has 0 amide bonds. The second-order valence-corrected chi connectivity index (χ2v) is 5.09. The van der Waals surface area contributed by atoms with Crippen LogP contribution in [0.15, 0.2) is 51.9 Å². The molecule has 116 valence electrons. The number of carbonyl (C=O) groups excluding carboxylic acids is 1.